The minimum Gasteiger partial charge on any atom is -0.376 e. The lowest BCUT2D eigenvalue weighted by molar-refractivity contribution is -0.143. The van der Waals surface area contributed by atoms with Crippen LogP contribution in [0.5, 0.6) is 0 Å². The van der Waals surface area contributed by atoms with Gasteiger partial charge < -0.3 is 10.1 Å². The number of piperidine rings is 1. The zero-order chi connectivity index (χ0) is 23.1. The second-order valence-electron chi connectivity index (χ2n) is 8.46. The Labute approximate surface area is 180 Å². The maximum atomic E-state index is 13.4. The third-order valence-corrected chi connectivity index (χ3v) is 6.39. The molecule has 2 heterocycles. The van der Waals surface area contributed by atoms with E-state index in [-0.39, 0.29) is 36.6 Å². The Morgan fingerprint density at radius 1 is 0.875 bits per heavy atom. The third kappa shape index (κ3) is 4.64. The molecule has 2 fully saturated rings. The Kier molecular flexibility index (Phi) is 6.00. The van der Waals surface area contributed by atoms with Crippen molar-refractivity contribution >= 4 is 0 Å². The van der Waals surface area contributed by atoms with Crippen LogP contribution in [0.4, 0.5) is 30.7 Å². The SMILES string of the molecule is Fc1ccc([C@@]23CC[C@H](CC[C@H]2OCCc2cc(C(F)(F)F)cc(C(F)(F)F)c2)N3)cc1. The molecule has 0 aliphatic carbocycles. The largest absolute Gasteiger partial charge is 0.416 e. The van der Waals surface area contributed by atoms with Crippen LogP contribution < -0.4 is 5.32 Å². The van der Waals surface area contributed by atoms with E-state index in [2.05, 4.69) is 5.32 Å². The summed E-state index contributed by atoms with van der Waals surface area (Å²) in [6, 6.07) is 8.01. The summed E-state index contributed by atoms with van der Waals surface area (Å²) in [4.78, 5) is 0. The van der Waals surface area contributed by atoms with Crippen molar-refractivity contribution in [3.8, 4) is 0 Å². The van der Waals surface area contributed by atoms with Crippen molar-refractivity contribution in [1.82, 2.24) is 5.32 Å². The quantitative estimate of drug-likeness (QED) is 0.533. The highest BCUT2D eigenvalue weighted by molar-refractivity contribution is 5.34. The summed E-state index contributed by atoms with van der Waals surface area (Å²) in [6.07, 6.45) is -6.94. The van der Waals surface area contributed by atoms with Gasteiger partial charge in [0, 0.05) is 6.04 Å². The Morgan fingerprint density at radius 2 is 1.50 bits per heavy atom. The van der Waals surface area contributed by atoms with Crippen LogP contribution >= 0.6 is 0 Å². The number of ether oxygens (including phenoxy) is 1. The van der Waals surface area contributed by atoms with E-state index < -0.39 is 29.0 Å². The van der Waals surface area contributed by atoms with Gasteiger partial charge in [0.05, 0.1) is 29.4 Å². The van der Waals surface area contributed by atoms with Crippen molar-refractivity contribution in [3.05, 3.63) is 70.5 Å². The summed E-state index contributed by atoms with van der Waals surface area (Å²) in [6.45, 7) is -0.0292. The molecule has 32 heavy (non-hydrogen) atoms. The average molecular weight is 461 g/mol. The Morgan fingerprint density at radius 3 is 2.09 bits per heavy atom. The number of rotatable bonds is 5. The van der Waals surface area contributed by atoms with E-state index in [1.54, 1.807) is 12.1 Å². The van der Waals surface area contributed by atoms with Crippen LogP contribution in [0.25, 0.3) is 0 Å². The van der Waals surface area contributed by atoms with Gasteiger partial charge in [0.25, 0.3) is 0 Å². The summed E-state index contributed by atoms with van der Waals surface area (Å²) in [5.41, 5.74) is -2.42. The zero-order valence-corrected chi connectivity index (χ0v) is 17.0. The first-order chi connectivity index (χ1) is 15.0. The molecule has 3 atom stereocenters. The number of hydrogen-bond donors (Lipinski definition) is 1. The molecule has 0 spiro atoms. The van der Waals surface area contributed by atoms with Crippen molar-refractivity contribution in [2.45, 2.75) is 62.1 Å². The predicted octanol–water partition coefficient (Wildman–Crippen LogP) is 6.23. The molecule has 2 aliphatic rings. The summed E-state index contributed by atoms with van der Waals surface area (Å²) in [5, 5.41) is 3.55. The number of halogens is 7. The fourth-order valence-corrected chi connectivity index (χ4v) is 4.85. The smallest absolute Gasteiger partial charge is 0.376 e. The molecular weight excluding hydrogens is 439 g/mol. The molecule has 0 aromatic heterocycles. The van der Waals surface area contributed by atoms with Crippen molar-refractivity contribution in [2.75, 3.05) is 6.61 Å². The first kappa shape index (κ1) is 23.0. The first-order valence-electron chi connectivity index (χ1n) is 10.4. The number of fused-ring (bicyclic) bond motifs is 2. The normalized spacial score (nSPS) is 25.8. The van der Waals surface area contributed by atoms with E-state index in [0.29, 0.717) is 12.5 Å². The standard InChI is InChI=1S/C23H22F7NO/c24-18-3-1-15(2-4-18)21-9-7-19(31-21)5-6-20(21)32-10-8-14-11-16(22(25,26)27)13-17(12-14)23(28,29)30/h1-4,11-13,19-20,31H,5-10H2/t19-,20+,21-/m0/s1. The van der Waals surface area contributed by atoms with Crippen molar-refractivity contribution in [3.63, 3.8) is 0 Å². The molecule has 0 radical (unpaired) electrons. The molecule has 2 bridgehead atoms. The molecule has 1 N–H and O–H groups in total. The molecular formula is C23H22F7NO. The first-order valence-corrected chi connectivity index (χ1v) is 10.4. The van der Waals surface area contributed by atoms with Gasteiger partial charge in [-0.05, 0) is 73.6 Å². The van der Waals surface area contributed by atoms with E-state index in [4.69, 9.17) is 4.74 Å². The number of nitrogens with one attached hydrogen (secondary N) is 1. The molecule has 4 rings (SSSR count). The van der Waals surface area contributed by atoms with Gasteiger partial charge in [-0.2, -0.15) is 26.3 Å². The lowest BCUT2D eigenvalue weighted by atomic mass is 9.80. The van der Waals surface area contributed by atoms with Gasteiger partial charge in [-0.15, -0.1) is 0 Å². The Bertz CT molecular complexity index is 922. The van der Waals surface area contributed by atoms with Crippen molar-refractivity contribution in [1.29, 1.82) is 0 Å². The van der Waals surface area contributed by atoms with Crippen LogP contribution in [0, 0.1) is 5.82 Å². The van der Waals surface area contributed by atoms with Gasteiger partial charge in [0.15, 0.2) is 0 Å². The van der Waals surface area contributed by atoms with Crippen LogP contribution in [0.2, 0.25) is 0 Å². The molecule has 2 aromatic carbocycles. The molecule has 174 valence electrons. The topological polar surface area (TPSA) is 21.3 Å². The molecule has 9 heteroatoms. The molecule has 0 amide bonds. The number of hydrogen-bond acceptors (Lipinski definition) is 2. The molecule has 2 nitrogen and oxygen atoms in total. The predicted molar refractivity (Wildman–Crippen MR) is 103 cm³/mol. The number of benzene rings is 2. The molecule has 2 aromatic rings. The lowest BCUT2D eigenvalue weighted by Crippen LogP contribution is -2.54. The van der Waals surface area contributed by atoms with Crippen LogP contribution in [0.15, 0.2) is 42.5 Å². The van der Waals surface area contributed by atoms with Gasteiger partial charge in [-0.1, -0.05) is 12.1 Å². The monoisotopic (exact) mass is 461 g/mol. The summed E-state index contributed by atoms with van der Waals surface area (Å²) < 4.78 is 97.9. The molecule has 0 unspecified atom stereocenters. The van der Waals surface area contributed by atoms with Crippen molar-refractivity contribution < 1.29 is 35.5 Å². The minimum absolute atomic E-state index is 0.0292. The maximum Gasteiger partial charge on any atom is 0.416 e. The van der Waals surface area contributed by atoms with Gasteiger partial charge in [-0.25, -0.2) is 4.39 Å². The van der Waals surface area contributed by atoms with Gasteiger partial charge >= 0.3 is 12.4 Å². The molecule has 0 saturated carbocycles. The van der Waals surface area contributed by atoms with Gasteiger partial charge in [0.2, 0.25) is 0 Å². The second kappa shape index (κ2) is 8.33. The summed E-state index contributed by atoms with van der Waals surface area (Å²) in [5.74, 6) is -0.363. The van der Waals surface area contributed by atoms with E-state index in [1.165, 1.54) is 12.1 Å². The lowest BCUT2D eigenvalue weighted by Gasteiger charge is -2.42. The van der Waals surface area contributed by atoms with E-state index in [0.717, 1.165) is 37.0 Å². The van der Waals surface area contributed by atoms with Crippen LogP contribution in [0.1, 0.15) is 47.9 Å². The van der Waals surface area contributed by atoms with Crippen LogP contribution in [-0.4, -0.2) is 18.8 Å². The third-order valence-electron chi connectivity index (χ3n) is 6.39. The average Bonchev–Trinajstić information content (AvgIpc) is 3.07. The minimum atomic E-state index is -4.88. The van der Waals surface area contributed by atoms with Crippen LogP contribution in [0.3, 0.4) is 0 Å². The van der Waals surface area contributed by atoms with Crippen molar-refractivity contribution in [2.24, 2.45) is 0 Å². The maximum absolute atomic E-state index is 13.4. The summed E-state index contributed by atoms with van der Waals surface area (Å²) in [7, 11) is 0. The van der Waals surface area contributed by atoms with Crippen LogP contribution in [-0.2, 0) is 29.0 Å². The highest BCUT2D eigenvalue weighted by atomic mass is 19.4. The van der Waals surface area contributed by atoms with E-state index in [1.807, 2.05) is 0 Å². The van der Waals surface area contributed by atoms with E-state index in [9.17, 15) is 30.7 Å². The highest BCUT2D eigenvalue weighted by Crippen LogP contribution is 2.44. The fraction of sp³-hybridized carbons (Fsp3) is 0.478. The second-order valence-corrected chi connectivity index (χ2v) is 8.46. The Balaban J connectivity index is 1.51. The summed E-state index contributed by atoms with van der Waals surface area (Å²) >= 11 is 0. The number of alkyl halides is 6. The zero-order valence-electron chi connectivity index (χ0n) is 17.0. The molecule has 2 aliphatic heterocycles. The fourth-order valence-electron chi connectivity index (χ4n) is 4.85. The molecule has 2 saturated heterocycles. The van der Waals surface area contributed by atoms with E-state index >= 15 is 0 Å². The van der Waals surface area contributed by atoms with Gasteiger partial charge in [0.1, 0.15) is 5.82 Å². The van der Waals surface area contributed by atoms with Gasteiger partial charge in [-0.3, -0.25) is 0 Å². The highest BCUT2D eigenvalue weighted by Gasteiger charge is 2.50. The Hall–Kier alpha value is -2.13.